The summed E-state index contributed by atoms with van der Waals surface area (Å²) < 4.78 is 4.68. The van der Waals surface area contributed by atoms with Crippen molar-refractivity contribution in [2.24, 2.45) is 10.7 Å². The highest BCUT2D eigenvalue weighted by Gasteiger charge is 2.03. The second kappa shape index (κ2) is 6.29. The lowest BCUT2D eigenvalue weighted by molar-refractivity contribution is -0.414. The van der Waals surface area contributed by atoms with Crippen LogP contribution in [0.5, 0.6) is 0 Å². The molecule has 68 valence electrons. The predicted octanol–water partition coefficient (Wildman–Crippen LogP) is -0.220. The predicted molar refractivity (Wildman–Crippen MR) is 44.5 cm³/mol. The molecule has 6 heteroatoms. The molecule has 0 aromatic rings. The molecule has 0 aliphatic carbocycles. The largest absolute Gasteiger partial charge is 0.399 e. The summed E-state index contributed by atoms with van der Waals surface area (Å²) in [5.41, 5.74) is 4.75. The lowest BCUT2D eigenvalue weighted by Crippen LogP contribution is -2.04. The van der Waals surface area contributed by atoms with E-state index in [-0.39, 0.29) is 5.70 Å². The van der Waals surface area contributed by atoms with E-state index in [1.54, 1.807) is 0 Å². The Morgan fingerprint density at radius 1 is 1.83 bits per heavy atom. The second-order valence-electron chi connectivity index (χ2n) is 1.88. The number of aliphatic imine (C=N–C) groups is 1. The number of rotatable bonds is 5. The Morgan fingerprint density at radius 2 is 2.50 bits per heavy atom. The van der Waals surface area contributed by atoms with Crippen molar-refractivity contribution < 1.29 is 9.66 Å². The van der Waals surface area contributed by atoms with Crippen molar-refractivity contribution in [1.29, 1.82) is 0 Å². The summed E-state index contributed by atoms with van der Waals surface area (Å²) in [6.45, 7) is 0.827. The highest BCUT2D eigenvalue weighted by atomic mass is 16.6. The fraction of sp³-hybridized carbons (Fsp3) is 0.500. The van der Waals surface area contributed by atoms with Crippen molar-refractivity contribution >= 4 is 6.21 Å². The Kier molecular flexibility index (Phi) is 5.54. The first-order valence-corrected chi connectivity index (χ1v) is 3.27. The van der Waals surface area contributed by atoms with Crippen molar-refractivity contribution in [1.82, 2.24) is 0 Å². The van der Waals surface area contributed by atoms with E-state index < -0.39 is 4.92 Å². The fourth-order valence-corrected chi connectivity index (χ4v) is 0.453. The average Bonchev–Trinajstić information content (AvgIpc) is 2.04. The first-order valence-electron chi connectivity index (χ1n) is 3.27. The average molecular weight is 173 g/mol. The van der Waals surface area contributed by atoms with Gasteiger partial charge < -0.3 is 10.5 Å². The molecule has 0 saturated heterocycles. The Morgan fingerprint density at radius 3 is 2.92 bits per heavy atom. The van der Waals surface area contributed by atoms with Gasteiger partial charge in [-0.05, 0) is 0 Å². The van der Waals surface area contributed by atoms with Gasteiger partial charge in [0.25, 0.3) is 0 Å². The van der Waals surface area contributed by atoms with E-state index in [0.29, 0.717) is 13.2 Å². The van der Waals surface area contributed by atoms with E-state index >= 15 is 0 Å². The Hall–Kier alpha value is -1.43. The van der Waals surface area contributed by atoms with Crippen LogP contribution in [-0.4, -0.2) is 31.4 Å². The monoisotopic (exact) mass is 173 g/mol. The zero-order valence-corrected chi connectivity index (χ0v) is 6.77. The van der Waals surface area contributed by atoms with Crippen molar-refractivity contribution in [3.8, 4) is 0 Å². The number of methoxy groups -OCH3 is 1. The van der Waals surface area contributed by atoms with E-state index in [4.69, 9.17) is 5.73 Å². The molecule has 12 heavy (non-hydrogen) atoms. The summed E-state index contributed by atoms with van der Waals surface area (Å²) in [6, 6.07) is 0. The van der Waals surface area contributed by atoms with Crippen LogP contribution in [0.15, 0.2) is 16.9 Å². The number of hydrogen-bond acceptors (Lipinski definition) is 5. The maximum absolute atomic E-state index is 10.1. The van der Waals surface area contributed by atoms with Gasteiger partial charge in [-0.25, -0.2) is 0 Å². The van der Waals surface area contributed by atoms with E-state index in [0.717, 1.165) is 12.4 Å². The summed E-state index contributed by atoms with van der Waals surface area (Å²) in [5, 5.41) is 10.1. The van der Waals surface area contributed by atoms with Gasteiger partial charge in [-0.15, -0.1) is 0 Å². The maximum Gasteiger partial charge on any atom is 0.302 e. The van der Waals surface area contributed by atoms with Crippen molar-refractivity contribution in [3.63, 3.8) is 0 Å². The van der Waals surface area contributed by atoms with Crippen LogP contribution in [0.4, 0.5) is 0 Å². The molecule has 0 rings (SSSR count). The summed E-state index contributed by atoms with van der Waals surface area (Å²) in [6.07, 6.45) is 2.01. The summed E-state index contributed by atoms with van der Waals surface area (Å²) in [4.78, 5) is 13.2. The van der Waals surface area contributed by atoms with Crippen LogP contribution in [0.25, 0.3) is 0 Å². The van der Waals surface area contributed by atoms with E-state index in [1.807, 2.05) is 0 Å². The normalized spacial score (nSPS) is 12.2. The SMILES string of the molecule is COCCN=CC(=CN)[N+](=O)[O-]. The minimum absolute atomic E-state index is 0.217. The fourth-order valence-electron chi connectivity index (χ4n) is 0.453. The van der Waals surface area contributed by atoms with Gasteiger partial charge in [-0.3, -0.25) is 15.1 Å². The first-order chi connectivity index (χ1) is 5.72. The highest BCUT2D eigenvalue weighted by Crippen LogP contribution is 1.87. The van der Waals surface area contributed by atoms with Gasteiger partial charge in [-0.1, -0.05) is 0 Å². The number of nitrogens with two attached hydrogens (primary N) is 1. The van der Waals surface area contributed by atoms with Crippen LogP contribution in [0.3, 0.4) is 0 Å². The van der Waals surface area contributed by atoms with Gasteiger partial charge in [0.1, 0.15) is 6.21 Å². The summed E-state index contributed by atoms with van der Waals surface area (Å²) >= 11 is 0. The molecule has 0 aromatic heterocycles. The standard InChI is InChI=1S/C6H11N3O3/c1-12-3-2-8-5-6(4-7)9(10)11/h4-5H,2-3,7H2,1H3. The summed E-state index contributed by atoms with van der Waals surface area (Å²) in [5.74, 6) is 0. The number of hydrogen-bond donors (Lipinski definition) is 1. The molecule has 0 atom stereocenters. The third kappa shape index (κ3) is 4.40. The second-order valence-corrected chi connectivity index (χ2v) is 1.88. The maximum atomic E-state index is 10.1. The zero-order chi connectivity index (χ0) is 9.40. The first kappa shape index (κ1) is 10.6. The molecule has 0 saturated carbocycles. The van der Waals surface area contributed by atoms with E-state index in [9.17, 15) is 10.1 Å². The Labute approximate surface area is 69.9 Å². The van der Waals surface area contributed by atoms with Gasteiger partial charge in [0, 0.05) is 7.11 Å². The van der Waals surface area contributed by atoms with Crippen LogP contribution in [-0.2, 0) is 4.74 Å². The van der Waals surface area contributed by atoms with Crippen molar-refractivity contribution in [2.45, 2.75) is 0 Å². The molecular formula is C6H11N3O3. The molecule has 0 radical (unpaired) electrons. The number of nitrogens with zero attached hydrogens (tertiary/aromatic N) is 2. The van der Waals surface area contributed by atoms with Gasteiger partial charge in [0.05, 0.1) is 24.3 Å². The Balaban J connectivity index is 3.87. The molecule has 0 heterocycles. The van der Waals surface area contributed by atoms with Crippen LogP contribution < -0.4 is 5.73 Å². The quantitative estimate of drug-likeness (QED) is 0.269. The molecule has 6 nitrogen and oxygen atoms in total. The molecule has 0 aliphatic heterocycles. The molecular weight excluding hydrogens is 162 g/mol. The van der Waals surface area contributed by atoms with Crippen LogP contribution in [0.1, 0.15) is 0 Å². The van der Waals surface area contributed by atoms with Gasteiger partial charge in [0.15, 0.2) is 0 Å². The third-order valence-electron chi connectivity index (χ3n) is 1.03. The highest BCUT2D eigenvalue weighted by molar-refractivity contribution is 5.74. The molecule has 0 aromatic carbocycles. The molecule has 0 fully saturated rings. The van der Waals surface area contributed by atoms with Gasteiger partial charge in [-0.2, -0.15) is 0 Å². The van der Waals surface area contributed by atoms with Crippen LogP contribution >= 0.6 is 0 Å². The van der Waals surface area contributed by atoms with Gasteiger partial charge >= 0.3 is 5.70 Å². The number of nitro groups is 1. The lowest BCUT2D eigenvalue weighted by Gasteiger charge is -1.91. The molecule has 0 unspecified atom stereocenters. The number of ether oxygens (including phenoxy) is 1. The molecule has 0 amide bonds. The van der Waals surface area contributed by atoms with E-state index in [1.165, 1.54) is 7.11 Å². The smallest absolute Gasteiger partial charge is 0.302 e. The van der Waals surface area contributed by atoms with Crippen molar-refractivity contribution in [2.75, 3.05) is 20.3 Å². The Bertz CT molecular complexity index is 200. The molecule has 0 aliphatic rings. The molecule has 0 bridgehead atoms. The van der Waals surface area contributed by atoms with Crippen LogP contribution in [0.2, 0.25) is 0 Å². The minimum atomic E-state index is -0.601. The lowest BCUT2D eigenvalue weighted by atomic mass is 10.5. The van der Waals surface area contributed by atoms with Crippen LogP contribution in [0, 0.1) is 10.1 Å². The zero-order valence-electron chi connectivity index (χ0n) is 6.77. The van der Waals surface area contributed by atoms with Crippen molar-refractivity contribution in [3.05, 3.63) is 22.0 Å². The number of allylic oxidation sites excluding steroid dienone is 1. The minimum Gasteiger partial charge on any atom is -0.399 e. The van der Waals surface area contributed by atoms with Gasteiger partial charge in [0.2, 0.25) is 0 Å². The topological polar surface area (TPSA) is 90.8 Å². The molecule has 2 N–H and O–H groups in total. The summed E-state index contributed by atoms with van der Waals surface area (Å²) in [7, 11) is 1.53. The van der Waals surface area contributed by atoms with E-state index in [2.05, 4.69) is 9.73 Å². The third-order valence-corrected chi connectivity index (χ3v) is 1.03. The molecule has 0 spiro atoms.